The molecule has 0 aliphatic carbocycles. The molecule has 0 aromatic carbocycles. The molecule has 1 saturated heterocycles. The van der Waals surface area contributed by atoms with Crippen LogP contribution >= 0.6 is 0 Å². The summed E-state index contributed by atoms with van der Waals surface area (Å²) in [5, 5.41) is 0. The molecular formula is C11H20N2O. The molecule has 1 aliphatic rings. The molecule has 1 aliphatic heterocycles. The highest BCUT2D eigenvalue weighted by atomic mass is 16.2. The third-order valence-corrected chi connectivity index (χ3v) is 3.05. The van der Waals surface area contributed by atoms with Gasteiger partial charge in [0.15, 0.2) is 0 Å². The van der Waals surface area contributed by atoms with Crippen LogP contribution in [0, 0.1) is 0 Å². The first-order chi connectivity index (χ1) is 6.61. The van der Waals surface area contributed by atoms with Gasteiger partial charge in [-0.2, -0.15) is 0 Å². The molecule has 14 heavy (non-hydrogen) atoms. The lowest BCUT2D eigenvalue weighted by atomic mass is 10.1. The molecule has 1 amide bonds. The van der Waals surface area contributed by atoms with Crippen molar-refractivity contribution in [3.05, 3.63) is 12.7 Å². The minimum atomic E-state index is 0.0175. The Morgan fingerprint density at radius 1 is 1.71 bits per heavy atom. The zero-order valence-corrected chi connectivity index (χ0v) is 9.07. The Morgan fingerprint density at radius 2 is 2.36 bits per heavy atom. The number of hydrogen-bond acceptors (Lipinski definition) is 2. The van der Waals surface area contributed by atoms with Gasteiger partial charge >= 0.3 is 0 Å². The minimum Gasteiger partial charge on any atom is -0.332 e. The highest BCUT2D eigenvalue weighted by Crippen LogP contribution is 2.26. The van der Waals surface area contributed by atoms with Crippen molar-refractivity contribution in [2.45, 2.75) is 51.2 Å². The van der Waals surface area contributed by atoms with Crippen LogP contribution in [0.15, 0.2) is 12.7 Å². The highest BCUT2D eigenvalue weighted by Gasteiger charge is 2.37. The first-order valence-electron chi connectivity index (χ1n) is 5.32. The minimum absolute atomic E-state index is 0.0175. The lowest BCUT2D eigenvalue weighted by Gasteiger charge is -2.27. The maximum Gasteiger partial charge on any atom is 0.246 e. The zero-order chi connectivity index (χ0) is 10.7. The Kier molecular flexibility index (Phi) is 3.69. The summed E-state index contributed by atoms with van der Waals surface area (Å²) < 4.78 is 0. The molecule has 0 aromatic rings. The second kappa shape index (κ2) is 4.60. The third-order valence-electron chi connectivity index (χ3n) is 3.05. The van der Waals surface area contributed by atoms with Gasteiger partial charge in [0.2, 0.25) is 5.91 Å². The molecule has 3 nitrogen and oxygen atoms in total. The van der Waals surface area contributed by atoms with E-state index in [1.807, 2.05) is 11.8 Å². The van der Waals surface area contributed by atoms with Crippen molar-refractivity contribution in [3.63, 3.8) is 0 Å². The summed E-state index contributed by atoms with van der Waals surface area (Å²) >= 11 is 0. The first kappa shape index (κ1) is 11.2. The van der Waals surface area contributed by atoms with E-state index in [9.17, 15) is 4.79 Å². The van der Waals surface area contributed by atoms with E-state index in [0.29, 0.717) is 6.04 Å². The summed E-state index contributed by atoms with van der Waals surface area (Å²) in [4.78, 5) is 13.5. The number of nitrogens with zero attached hydrogens (tertiary/aromatic N) is 1. The summed E-state index contributed by atoms with van der Waals surface area (Å²) in [5.74, 6) is 0.0175. The Morgan fingerprint density at radius 3 is 2.86 bits per heavy atom. The Bertz CT molecular complexity index is 227. The zero-order valence-electron chi connectivity index (χ0n) is 9.07. The Balaban J connectivity index is 2.75. The number of carbonyl (C=O) groups is 1. The number of nitrogens with two attached hydrogens (primary N) is 1. The van der Waals surface area contributed by atoms with Crippen LogP contribution < -0.4 is 5.73 Å². The number of rotatable bonds is 3. The van der Waals surface area contributed by atoms with Gasteiger partial charge in [-0.25, -0.2) is 0 Å². The van der Waals surface area contributed by atoms with E-state index in [1.165, 1.54) is 6.08 Å². The van der Waals surface area contributed by atoms with Crippen molar-refractivity contribution in [2.24, 2.45) is 5.73 Å². The first-order valence-corrected chi connectivity index (χ1v) is 5.32. The molecule has 3 unspecified atom stereocenters. The van der Waals surface area contributed by atoms with Crippen molar-refractivity contribution < 1.29 is 4.79 Å². The lowest BCUT2D eigenvalue weighted by Crippen LogP contribution is -2.42. The van der Waals surface area contributed by atoms with Crippen LogP contribution in [-0.4, -0.2) is 28.9 Å². The molecule has 3 atom stereocenters. The van der Waals surface area contributed by atoms with Crippen LogP contribution in [0.25, 0.3) is 0 Å². The van der Waals surface area contributed by atoms with Crippen LogP contribution in [0.2, 0.25) is 0 Å². The van der Waals surface area contributed by atoms with Crippen LogP contribution in [0.1, 0.15) is 33.1 Å². The number of likely N-dealkylation sites (tertiary alicyclic amines) is 1. The fourth-order valence-corrected chi connectivity index (χ4v) is 2.24. The van der Waals surface area contributed by atoms with Crippen molar-refractivity contribution in [1.82, 2.24) is 4.90 Å². The van der Waals surface area contributed by atoms with Crippen LogP contribution in [0.3, 0.4) is 0 Å². The van der Waals surface area contributed by atoms with E-state index in [0.717, 1.165) is 19.3 Å². The van der Waals surface area contributed by atoms with Gasteiger partial charge in [0, 0.05) is 18.1 Å². The molecule has 0 saturated carbocycles. The molecule has 0 radical (unpaired) electrons. The molecule has 80 valence electrons. The number of carbonyl (C=O) groups excluding carboxylic acids is 1. The van der Waals surface area contributed by atoms with Crippen molar-refractivity contribution in [2.75, 3.05) is 0 Å². The molecular weight excluding hydrogens is 176 g/mol. The van der Waals surface area contributed by atoms with E-state index < -0.39 is 0 Å². The van der Waals surface area contributed by atoms with Crippen LogP contribution in [0.4, 0.5) is 0 Å². The fourth-order valence-electron chi connectivity index (χ4n) is 2.24. The largest absolute Gasteiger partial charge is 0.332 e. The molecule has 2 N–H and O–H groups in total. The summed E-state index contributed by atoms with van der Waals surface area (Å²) in [5.41, 5.74) is 5.95. The third kappa shape index (κ3) is 1.98. The second-order valence-corrected chi connectivity index (χ2v) is 4.03. The van der Waals surface area contributed by atoms with Gasteiger partial charge in [0.1, 0.15) is 0 Å². The summed E-state index contributed by atoms with van der Waals surface area (Å²) in [7, 11) is 0. The van der Waals surface area contributed by atoms with Gasteiger partial charge in [-0.3, -0.25) is 4.79 Å². The SMILES string of the molecule is C=CC(=O)N1C(CCC)CC(N)C1C. The second-order valence-electron chi connectivity index (χ2n) is 4.03. The van der Waals surface area contributed by atoms with Crippen LogP contribution in [0.5, 0.6) is 0 Å². The van der Waals surface area contributed by atoms with Gasteiger partial charge in [0.25, 0.3) is 0 Å². The topological polar surface area (TPSA) is 46.3 Å². The number of amides is 1. The molecule has 1 heterocycles. The average molecular weight is 196 g/mol. The molecule has 0 aromatic heterocycles. The van der Waals surface area contributed by atoms with E-state index in [2.05, 4.69) is 13.5 Å². The van der Waals surface area contributed by atoms with Crippen LogP contribution in [-0.2, 0) is 4.79 Å². The molecule has 1 fully saturated rings. The normalized spacial score (nSPS) is 31.9. The molecule has 0 spiro atoms. The van der Waals surface area contributed by atoms with Crippen molar-refractivity contribution >= 4 is 5.91 Å². The summed E-state index contributed by atoms with van der Waals surface area (Å²) in [6, 6.07) is 0.586. The van der Waals surface area contributed by atoms with Gasteiger partial charge in [-0.15, -0.1) is 0 Å². The number of hydrogen-bond donors (Lipinski definition) is 1. The quantitative estimate of drug-likeness (QED) is 0.691. The van der Waals surface area contributed by atoms with Gasteiger partial charge in [-0.05, 0) is 25.8 Å². The Labute approximate surface area is 86.0 Å². The molecule has 3 heteroatoms. The fraction of sp³-hybridized carbons (Fsp3) is 0.727. The monoisotopic (exact) mass is 196 g/mol. The van der Waals surface area contributed by atoms with E-state index in [1.54, 1.807) is 0 Å². The van der Waals surface area contributed by atoms with E-state index >= 15 is 0 Å². The van der Waals surface area contributed by atoms with Gasteiger partial charge in [0.05, 0.1) is 0 Å². The average Bonchev–Trinajstić information content (AvgIpc) is 2.43. The standard InChI is InChI=1S/C11H20N2O/c1-4-6-9-7-10(12)8(3)13(9)11(14)5-2/h5,8-10H,2,4,6-7,12H2,1,3H3. The lowest BCUT2D eigenvalue weighted by molar-refractivity contribution is -0.128. The van der Waals surface area contributed by atoms with E-state index in [-0.39, 0.29) is 18.0 Å². The molecule has 0 bridgehead atoms. The highest BCUT2D eigenvalue weighted by molar-refractivity contribution is 5.87. The predicted molar refractivity (Wildman–Crippen MR) is 57.8 cm³/mol. The van der Waals surface area contributed by atoms with Crippen molar-refractivity contribution in [1.29, 1.82) is 0 Å². The Hall–Kier alpha value is -0.830. The maximum absolute atomic E-state index is 11.6. The predicted octanol–water partition coefficient (Wildman–Crippen LogP) is 1.29. The maximum atomic E-state index is 11.6. The summed E-state index contributed by atoms with van der Waals surface area (Å²) in [6.45, 7) is 7.67. The van der Waals surface area contributed by atoms with Gasteiger partial charge < -0.3 is 10.6 Å². The summed E-state index contributed by atoms with van der Waals surface area (Å²) in [6.07, 6.45) is 4.44. The van der Waals surface area contributed by atoms with Gasteiger partial charge in [-0.1, -0.05) is 19.9 Å². The van der Waals surface area contributed by atoms with E-state index in [4.69, 9.17) is 5.73 Å². The molecule has 1 rings (SSSR count). The van der Waals surface area contributed by atoms with Crippen molar-refractivity contribution in [3.8, 4) is 0 Å². The smallest absolute Gasteiger partial charge is 0.246 e.